The summed E-state index contributed by atoms with van der Waals surface area (Å²) >= 11 is 2.71. The molecule has 0 unspecified atom stereocenters. The number of carbonyl (C=O) groups is 2. The van der Waals surface area contributed by atoms with E-state index in [1.165, 1.54) is 23.5 Å². The molecule has 0 aliphatic carbocycles. The predicted molar refractivity (Wildman–Crippen MR) is 153 cm³/mol. The highest BCUT2D eigenvalue weighted by Gasteiger charge is 2.60. The molecule has 1 saturated heterocycles. The second-order valence-electron chi connectivity index (χ2n) is 8.40. The van der Waals surface area contributed by atoms with E-state index in [2.05, 4.69) is 0 Å². The molecule has 2 aliphatic heterocycles. The number of ketones is 1. The van der Waals surface area contributed by atoms with Crippen molar-refractivity contribution in [1.82, 2.24) is 0 Å². The van der Waals surface area contributed by atoms with Gasteiger partial charge in [-0.15, -0.1) is 0 Å². The molecule has 0 bridgehead atoms. The number of para-hydroxylation sites is 2. The number of amides is 1. The number of anilines is 2. The lowest BCUT2D eigenvalue weighted by molar-refractivity contribution is -0.114. The number of benzene rings is 4. The molecule has 0 N–H and O–H groups in total. The highest BCUT2D eigenvalue weighted by Crippen LogP contribution is 2.59. The molecule has 7 heteroatoms. The van der Waals surface area contributed by atoms with Crippen molar-refractivity contribution in [2.75, 3.05) is 9.91 Å². The van der Waals surface area contributed by atoms with E-state index in [1.807, 2.05) is 115 Å². The van der Waals surface area contributed by atoms with Gasteiger partial charge in [-0.05, 0) is 47.7 Å². The fraction of sp³-hybridized carbons (Fsp3) is 0.0333. The molecular weight excluding hydrogens is 498 g/mol. The molecule has 5 nitrogen and oxygen atoms in total. The van der Waals surface area contributed by atoms with Gasteiger partial charge < -0.3 is 0 Å². The first-order chi connectivity index (χ1) is 18.2. The highest BCUT2D eigenvalue weighted by molar-refractivity contribution is 8.29. The minimum Gasteiger partial charge on any atom is -0.286 e. The minimum absolute atomic E-state index is 0.142. The number of rotatable bonds is 5. The van der Waals surface area contributed by atoms with Crippen molar-refractivity contribution >= 4 is 57.7 Å². The molecule has 1 fully saturated rings. The van der Waals surface area contributed by atoms with Crippen LogP contribution in [-0.4, -0.2) is 21.1 Å². The molecule has 37 heavy (non-hydrogen) atoms. The van der Waals surface area contributed by atoms with Crippen LogP contribution in [0, 0.1) is 0 Å². The highest BCUT2D eigenvalue weighted by atomic mass is 32.2. The fourth-order valence-corrected chi connectivity index (χ4v) is 7.21. The maximum Gasteiger partial charge on any atom is 0.268 e. The standard InChI is InChI=1S/C30H21N3O2S2/c34-27(23-15-7-2-8-16-23)28-31-33(25-19-11-4-12-20-25)30(37-28)32(24-17-9-3-10-18-24)29(35)26(36-30)21-22-13-5-1-6-14-22/h1-21H/b26-21+/t30-/m1/s1. The Kier molecular flexibility index (Phi) is 6.16. The lowest BCUT2D eigenvalue weighted by atomic mass is 10.1. The molecule has 6 rings (SSSR count). The summed E-state index contributed by atoms with van der Waals surface area (Å²) in [5.74, 6) is -0.318. The zero-order valence-corrected chi connectivity index (χ0v) is 21.2. The molecule has 0 radical (unpaired) electrons. The van der Waals surface area contributed by atoms with Crippen LogP contribution < -0.4 is 9.91 Å². The Morgan fingerprint density at radius 3 is 1.86 bits per heavy atom. The van der Waals surface area contributed by atoms with E-state index in [4.69, 9.17) is 5.10 Å². The average molecular weight is 520 g/mol. The smallest absolute Gasteiger partial charge is 0.268 e. The number of hydrazone groups is 1. The van der Waals surface area contributed by atoms with Gasteiger partial charge in [0.25, 0.3) is 5.91 Å². The SMILES string of the molecule is O=C(C1=NN(c2ccccc2)[C@@]2(S1)S/C(=C/c1ccccc1)C(=O)N2c1ccccc1)c1ccccc1. The van der Waals surface area contributed by atoms with Gasteiger partial charge >= 0.3 is 0 Å². The van der Waals surface area contributed by atoms with Crippen LogP contribution in [0.4, 0.5) is 11.4 Å². The summed E-state index contributed by atoms with van der Waals surface area (Å²) in [6, 6.07) is 38.1. The summed E-state index contributed by atoms with van der Waals surface area (Å²) in [5, 5.41) is 6.97. The van der Waals surface area contributed by atoms with Gasteiger partial charge in [0.15, 0.2) is 5.04 Å². The molecule has 180 valence electrons. The average Bonchev–Trinajstić information content (AvgIpc) is 3.46. The van der Waals surface area contributed by atoms with E-state index in [9.17, 15) is 9.59 Å². The van der Waals surface area contributed by atoms with Crippen molar-refractivity contribution in [2.45, 2.75) is 4.33 Å². The molecule has 1 atom stereocenters. The van der Waals surface area contributed by atoms with E-state index in [0.29, 0.717) is 15.5 Å². The number of carbonyl (C=O) groups excluding carboxylic acids is 2. The molecular formula is C30H21N3O2S2. The zero-order valence-electron chi connectivity index (χ0n) is 19.6. The largest absolute Gasteiger partial charge is 0.286 e. The van der Waals surface area contributed by atoms with Gasteiger partial charge in [0.05, 0.1) is 10.6 Å². The summed E-state index contributed by atoms with van der Waals surface area (Å²) < 4.78 is -1.06. The third kappa shape index (κ3) is 4.26. The zero-order chi connectivity index (χ0) is 25.2. The van der Waals surface area contributed by atoms with Crippen molar-refractivity contribution in [3.8, 4) is 0 Å². The summed E-state index contributed by atoms with van der Waals surface area (Å²) in [5.41, 5.74) is 3.00. The molecule has 4 aromatic carbocycles. The maximum atomic E-state index is 14.1. The third-order valence-corrected chi connectivity index (χ3v) is 8.69. The number of thioether (sulfide) groups is 2. The topological polar surface area (TPSA) is 53.0 Å². The first-order valence-electron chi connectivity index (χ1n) is 11.7. The Bertz CT molecular complexity index is 1510. The Morgan fingerprint density at radius 2 is 1.24 bits per heavy atom. The monoisotopic (exact) mass is 519 g/mol. The number of Topliss-reactive ketones (excluding diaryl/α,β-unsaturated/α-hetero) is 1. The number of hydrogen-bond acceptors (Lipinski definition) is 6. The van der Waals surface area contributed by atoms with Gasteiger partial charge in [-0.2, -0.15) is 5.10 Å². The van der Waals surface area contributed by atoms with Crippen molar-refractivity contribution in [1.29, 1.82) is 0 Å². The Balaban J connectivity index is 1.51. The van der Waals surface area contributed by atoms with Crippen LogP contribution >= 0.6 is 23.5 Å². The lowest BCUT2D eigenvalue weighted by Crippen LogP contribution is -2.51. The molecule has 1 spiro atoms. The number of nitrogens with zero attached hydrogens (tertiary/aromatic N) is 3. The summed E-state index contributed by atoms with van der Waals surface area (Å²) in [4.78, 5) is 29.9. The van der Waals surface area contributed by atoms with Crippen molar-refractivity contribution < 1.29 is 9.59 Å². The molecule has 4 aromatic rings. The summed E-state index contributed by atoms with van der Waals surface area (Å²) in [6.07, 6.45) is 1.90. The maximum absolute atomic E-state index is 14.1. The van der Waals surface area contributed by atoms with E-state index < -0.39 is 4.33 Å². The molecule has 2 heterocycles. The van der Waals surface area contributed by atoms with E-state index >= 15 is 0 Å². The molecule has 2 aliphatic rings. The Labute approximate surface area is 223 Å². The quantitative estimate of drug-likeness (QED) is 0.213. The Morgan fingerprint density at radius 1 is 0.703 bits per heavy atom. The van der Waals surface area contributed by atoms with Gasteiger partial charge in [0.1, 0.15) is 0 Å². The second kappa shape index (κ2) is 9.76. The second-order valence-corrected chi connectivity index (χ2v) is 11.0. The minimum atomic E-state index is -1.06. The van der Waals surface area contributed by atoms with Crippen LogP contribution in [0.2, 0.25) is 0 Å². The van der Waals surface area contributed by atoms with Crippen molar-refractivity contribution in [3.63, 3.8) is 0 Å². The summed E-state index contributed by atoms with van der Waals surface area (Å²) in [6.45, 7) is 0. The van der Waals surface area contributed by atoms with Gasteiger partial charge in [0.2, 0.25) is 10.1 Å². The van der Waals surface area contributed by atoms with Gasteiger partial charge in [-0.1, -0.05) is 109 Å². The first kappa shape index (κ1) is 23.3. The summed E-state index contributed by atoms with van der Waals surface area (Å²) in [7, 11) is 0. The molecule has 1 amide bonds. The van der Waals surface area contributed by atoms with Crippen LogP contribution in [0.25, 0.3) is 6.08 Å². The van der Waals surface area contributed by atoms with Crippen molar-refractivity contribution in [2.24, 2.45) is 5.10 Å². The third-order valence-electron chi connectivity index (χ3n) is 5.97. The van der Waals surface area contributed by atoms with Crippen LogP contribution in [0.3, 0.4) is 0 Å². The van der Waals surface area contributed by atoms with E-state index in [1.54, 1.807) is 22.0 Å². The van der Waals surface area contributed by atoms with Crippen LogP contribution in [0.5, 0.6) is 0 Å². The van der Waals surface area contributed by atoms with Crippen molar-refractivity contribution in [3.05, 3.63) is 137 Å². The van der Waals surface area contributed by atoms with Gasteiger partial charge in [-0.25, -0.2) is 5.01 Å². The van der Waals surface area contributed by atoms with Crippen LogP contribution in [-0.2, 0) is 4.79 Å². The van der Waals surface area contributed by atoms with Gasteiger partial charge in [0, 0.05) is 11.3 Å². The van der Waals surface area contributed by atoms with Crippen LogP contribution in [0.1, 0.15) is 15.9 Å². The molecule has 0 saturated carbocycles. The normalized spacial score (nSPS) is 20.1. The van der Waals surface area contributed by atoms with Crippen LogP contribution in [0.15, 0.2) is 131 Å². The van der Waals surface area contributed by atoms with Gasteiger partial charge in [-0.3, -0.25) is 14.5 Å². The van der Waals surface area contributed by atoms with E-state index in [-0.39, 0.29) is 11.7 Å². The fourth-order valence-electron chi connectivity index (χ4n) is 4.26. The Hall–Kier alpha value is -4.07. The first-order valence-corrected chi connectivity index (χ1v) is 13.4. The number of hydrogen-bond donors (Lipinski definition) is 0. The lowest BCUT2D eigenvalue weighted by Gasteiger charge is -2.38. The van der Waals surface area contributed by atoms with E-state index in [0.717, 1.165) is 16.9 Å². The predicted octanol–water partition coefficient (Wildman–Crippen LogP) is 6.87. The molecule has 0 aromatic heterocycles.